The Balaban J connectivity index is 2.84. The van der Waals surface area contributed by atoms with E-state index in [1.54, 1.807) is 20.8 Å². The normalized spacial score (nSPS) is 26.6. The molecule has 2 N–H and O–H groups in total. The third kappa shape index (κ3) is 4.33. The number of carbonyl (C=O) groups is 2. The van der Waals surface area contributed by atoms with E-state index in [1.165, 1.54) is 0 Å². The summed E-state index contributed by atoms with van der Waals surface area (Å²) in [6.45, 7) is 4.82. The quantitative estimate of drug-likeness (QED) is 0.814. The van der Waals surface area contributed by atoms with E-state index in [9.17, 15) is 18.4 Å². The maximum atomic E-state index is 13.4. The number of halogens is 2. The Morgan fingerprint density at radius 1 is 1.26 bits per heavy atom. The van der Waals surface area contributed by atoms with Gasteiger partial charge < -0.3 is 15.2 Å². The fraction of sp³-hybridized carbons (Fsp3) is 0.833. The Labute approximate surface area is 110 Å². The summed E-state index contributed by atoms with van der Waals surface area (Å²) < 4.78 is 31.7. The number of carboxylic acid groups (broad SMARTS) is 1. The largest absolute Gasteiger partial charge is 0.479 e. The molecule has 0 saturated heterocycles. The summed E-state index contributed by atoms with van der Waals surface area (Å²) in [6.07, 6.45) is -2.26. The molecule has 0 spiro atoms. The Hall–Kier alpha value is -1.40. The monoisotopic (exact) mass is 279 g/mol. The summed E-state index contributed by atoms with van der Waals surface area (Å²) in [6, 6.07) is 0. The van der Waals surface area contributed by atoms with Crippen LogP contribution in [0, 0.1) is 0 Å². The van der Waals surface area contributed by atoms with Crippen molar-refractivity contribution < 1.29 is 28.2 Å². The highest BCUT2D eigenvalue weighted by Crippen LogP contribution is 2.39. The lowest BCUT2D eigenvalue weighted by Crippen LogP contribution is -2.59. The maximum Gasteiger partial charge on any atom is 0.408 e. The molecule has 0 aromatic heterocycles. The molecule has 7 heteroatoms. The first kappa shape index (κ1) is 15.7. The van der Waals surface area contributed by atoms with E-state index in [2.05, 4.69) is 5.32 Å². The molecule has 19 heavy (non-hydrogen) atoms. The van der Waals surface area contributed by atoms with Crippen LogP contribution >= 0.6 is 0 Å². The molecular formula is C12H19F2NO4. The number of hydrogen-bond donors (Lipinski definition) is 2. The SMILES string of the molecule is CC(C)(C)OC(=O)NC1(C(=O)O)CCCC(F)(F)C1. The van der Waals surface area contributed by atoms with E-state index in [1.807, 2.05) is 0 Å². The zero-order chi connectivity index (χ0) is 14.9. The number of aliphatic carboxylic acids is 1. The van der Waals surface area contributed by atoms with E-state index in [4.69, 9.17) is 9.84 Å². The van der Waals surface area contributed by atoms with Gasteiger partial charge in [-0.2, -0.15) is 0 Å². The first-order valence-electron chi connectivity index (χ1n) is 6.08. The van der Waals surface area contributed by atoms with Crippen molar-refractivity contribution in [3.05, 3.63) is 0 Å². The lowest BCUT2D eigenvalue weighted by molar-refractivity contribution is -0.154. The lowest BCUT2D eigenvalue weighted by Gasteiger charge is -2.38. The minimum Gasteiger partial charge on any atom is -0.479 e. The van der Waals surface area contributed by atoms with Gasteiger partial charge in [-0.1, -0.05) is 0 Å². The fourth-order valence-electron chi connectivity index (χ4n) is 2.11. The summed E-state index contributed by atoms with van der Waals surface area (Å²) in [4.78, 5) is 22.9. The molecule has 0 aromatic rings. The van der Waals surface area contributed by atoms with Gasteiger partial charge in [0.05, 0.1) is 0 Å². The second kappa shape index (κ2) is 4.94. The molecule has 1 amide bonds. The van der Waals surface area contributed by atoms with Crippen LogP contribution in [-0.4, -0.2) is 34.2 Å². The molecule has 1 unspecified atom stereocenters. The van der Waals surface area contributed by atoms with Gasteiger partial charge in [-0.15, -0.1) is 0 Å². The number of carboxylic acids is 1. The molecule has 0 heterocycles. The number of alkyl carbamates (subject to hydrolysis) is 1. The number of carbonyl (C=O) groups excluding carboxylic acids is 1. The molecule has 5 nitrogen and oxygen atoms in total. The van der Waals surface area contributed by atoms with Crippen LogP contribution in [-0.2, 0) is 9.53 Å². The molecule has 1 rings (SSSR count). The van der Waals surface area contributed by atoms with Crippen molar-refractivity contribution in [2.24, 2.45) is 0 Å². The third-order valence-electron chi connectivity index (χ3n) is 2.86. The van der Waals surface area contributed by atoms with E-state index in [0.29, 0.717) is 0 Å². The predicted molar refractivity (Wildman–Crippen MR) is 63.2 cm³/mol. The van der Waals surface area contributed by atoms with Gasteiger partial charge in [0.25, 0.3) is 5.92 Å². The van der Waals surface area contributed by atoms with E-state index >= 15 is 0 Å². The summed E-state index contributed by atoms with van der Waals surface area (Å²) in [5.74, 6) is -4.55. The van der Waals surface area contributed by atoms with E-state index in [-0.39, 0.29) is 19.3 Å². The number of ether oxygens (including phenoxy) is 1. The van der Waals surface area contributed by atoms with Crippen molar-refractivity contribution in [1.29, 1.82) is 0 Å². The minimum absolute atomic E-state index is 0.0306. The summed E-state index contributed by atoms with van der Waals surface area (Å²) >= 11 is 0. The molecule has 1 aliphatic rings. The molecule has 0 aliphatic heterocycles. The van der Waals surface area contributed by atoms with Gasteiger partial charge in [0.15, 0.2) is 0 Å². The topological polar surface area (TPSA) is 75.6 Å². The van der Waals surface area contributed by atoms with Crippen LogP contribution < -0.4 is 5.32 Å². The van der Waals surface area contributed by atoms with Gasteiger partial charge in [0.2, 0.25) is 0 Å². The Morgan fingerprint density at radius 3 is 2.26 bits per heavy atom. The second-order valence-electron chi connectivity index (χ2n) is 5.90. The molecule has 1 aliphatic carbocycles. The number of amides is 1. The summed E-state index contributed by atoms with van der Waals surface area (Å²) in [7, 11) is 0. The standard InChI is InChI=1S/C12H19F2NO4/c1-10(2,3)19-9(18)15-11(8(16)17)5-4-6-12(13,14)7-11/h4-7H2,1-3H3,(H,15,18)(H,16,17). The average molecular weight is 279 g/mol. The van der Waals surface area contributed by atoms with Crippen molar-refractivity contribution in [2.75, 3.05) is 0 Å². The third-order valence-corrected chi connectivity index (χ3v) is 2.86. The van der Waals surface area contributed by atoms with Crippen LogP contribution in [0.3, 0.4) is 0 Å². The molecule has 0 bridgehead atoms. The Bertz CT molecular complexity index is 378. The van der Waals surface area contributed by atoms with Gasteiger partial charge in [-0.05, 0) is 33.6 Å². The second-order valence-corrected chi connectivity index (χ2v) is 5.90. The van der Waals surface area contributed by atoms with Crippen LogP contribution in [0.1, 0.15) is 46.5 Å². The molecule has 1 fully saturated rings. The van der Waals surface area contributed by atoms with Crippen LogP contribution in [0.25, 0.3) is 0 Å². The number of hydrogen-bond acceptors (Lipinski definition) is 3. The molecule has 1 saturated carbocycles. The highest BCUT2D eigenvalue weighted by molar-refractivity contribution is 5.84. The van der Waals surface area contributed by atoms with Gasteiger partial charge in [-0.3, -0.25) is 0 Å². The predicted octanol–water partition coefficient (Wildman–Crippen LogP) is 2.54. The number of alkyl halides is 2. The van der Waals surface area contributed by atoms with Gasteiger partial charge in [0.1, 0.15) is 11.1 Å². The molecule has 0 radical (unpaired) electrons. The zero-order valence-corrected chi connectivity index (χ0v) is 11.3. The summed E-state index contributed by atoms with van der Waals surface area (Å²) in [5.41, 5.74) is -2.77. The van der Waals surface area contributed by atoms with Crippen molar-refractivity contribution in [2.45, 2.75) is 63.5 Å². The fourth-order valence-corrected chi connectivity index (χ4v) is 2.11. The number of rotatable bonds is 2. The zero-order valence-electron chi connectivity index (χ0n) is 11.3. The highest BCUT2D eigenvalue weighted by atomic mass is 19.3. The molecule has 110 valence electrons. The Kier molecular flexibility index (Phi) is 4.07. The van der Waals surface area contributed by atoms with Gasteiger partial charge >= 0.3 is 12.1 Å². The van der Waals surface area contributed by atoms with Crippen molar-refractivity contribution in [3.8, 4) is 0 Å². The molecular weight excluding hydrogens is 260 g/mol. The van der Waals surface area contributed by atoms with Crippen LogP contribution in [0.2, 0.25) is 0 Å². The van der Waals surface area contributed by atoms with Crippen molar-refractivity contribution in [1.82, 2.24) is 5.32 Å². The minimum atomic E-state index is -3.09. The van der Waals surface area contributed by atoms with Gasteiger partial charge in [0, 0.05) is 12.8 Å². The van der Waals surface area contributed by atoms with Crippen LogP contribution in [0.5, 0.6) is 0 Å². The Morgan fingerprint density at radius 2 is 1.84 bits per heavy atom. The molecule has 1 atom stereocenters. The van der Waals surface area contributed by atoms with Crippen molar-refractivity contribution >= 4 is 12.1 Å². The van der Waals surface area contributed by atoms with Crippen LogP contribution in [0.4, 0.5) is 13.6 Å². The highest BCUT2D eigenvalue weighted by Gasteiger charge is 2.52. The first-order chi connectivity index (χ1) is 8.46. The number of nitrogens with one attached hydrogen (secondary N) is 1. The van der Waals surface area contributed by atoms with Crippen LogP contribution in [0.15, 0.2) is 0 Å². The molecule has 0 aromatic carbocycles. The average Bonchev–Trinajstić information content (AvgIpc) is 2.11. The van der Waals surface area contributed by atoms with E-state index in [0.717, 1.165) is 0 Å². The first-order valence-corrected chi connectivity index (χ1v) is 6.08. The smallest absolute Gasteiger partial charge is 0.408 e. The lowest BCUT2D eigenvalue weighted by atomic mass is 9.79. The maximum absolute atomic E-state index is 13.4. The van der Waals surface area contributed by atoms with E-state index < -0.39 is 35.5 Å². The van der Waals surface area contributed by atoms with Gasteiger partial charge in [-0.25, -0.2) is 18.4 Å². The van der Waals surface area contributed by atoms with Crippen molar-refractivity contribution in [3.63, 3.8) is 0 Å². The summed E-state index contributed by atoms with van der Waals surface area (Å²) in [5, 5.41) is 11.3.